The van der Waals surface area contributed by atoms with Crippen molar-refractivity contribution in [1.82, 2.24) is 76.8 Å². The molecule has 0 amide bonds. The molecule has 0 atom stereocenters. The van der Waals surface area contributed by atoms with Crippen LogP contribution >= 0.6 is 47.8 Å². The quantitative estimate of drug-likeness (QED) is 0.0118. The van der Waals surface area contributed by atoms with E-state index < -0.39 is 73.6 Å². The van der Waals surface area contributed by atoms with E-state index in [-0.39, 0.29) is 227 Å². The van der Waals surface area contributed by atoms with Crippen LogP contribution in [0.25, 0.3) is 87.2 Å². The van der Waals surface area contributed by atoms with Crippen LogP contribution in [0.1, 0.15) is 68.4 Å². The zero-order chi connectivity index (χ0) is 91.0. The molecular weight excluding hydrogens is 2150 g/mol. The van der Waals surface area contributed by atoms with Crippen LogP contribution in [0.4, 0.5) is 52.7 Å². The van der Waals surface area contributed by atoms with Gasteiger partial charge < -0.3 is 31.9 Å². The minimum Gasteiger partial charge on any atom is -1.00 e. The van der Waals surface area contributed by atoms with Gasteiger partial charge in [0.2, 0.25) is 0 Å². The molecule has 0 aliphatic heterocycles. The number of unbranched alkanes of at least 4 members (excludes halogenated alkanes) is 1. The van der Waals surface area contributed by atoms with Crippen molar-refractivity contribution in [3.63, 3.8) is 0 Å². The fourth-order valence-electron chi connectivity index (χ4n) is 13.1. The molecule has 0 spiro atoms. The SMILES string of the molecule is BrCc1ncc2ccccc2c1Br.C.C#CCCO.O=CO[O-].O=c1[nH]c2cnccc2n1CC(F)(F)F.O=c1n(Cc2ncc3ccccc3c2Br)c2cnccc2n1CC(F)(F)F.O=c1n(Cc2ncc3ccccc3c2C#CCCO)c2cnccc2n1CC(F)(F)F.O=c1n(Cc2ncc3ccccc3c2CCCCO)c2cnccc2n1CC(F)(F)F.[Cs+].[Cs+].[H-]. The Morgan fingerprint density at radius 3 is 1.22 bits per heavy atom. The first-order chi connectivity index (χ1) is 60.2. The number of terminal acetylenes is 1. The average molecular weight is 2230 g/mol. The van der Waals surface area contributed by atoms with Crippen LogP contribution in [-0.4, -0.2) is 143 Å². The summed E-state index contributed by atoms with van der Waals surface area (Å²) in [6.07, 6.45) is 7.25. The fraction of sp³-hybridized carbons (Fsp3) is 0.244. The zero-order valence-electron chi connectivity index (χ0n) is 68.5. The molecule has 0 unspecified atom stereocenters. The molecule has 129 heavy (non-hydrogen) atoms. The Hall–Kier alpha value is -8.67. The van der Waals surface area contributed by atoms with Gasteiger partial charge in [-0.05, 0) is 97.1 Å². The monoisotopic (exact) mass is 2220 g/mol. The second kappa shape index (κ2) is 50.3. The van der Waals surface area contributed by atoms with Crippen LogP contribution in [0.5, 0.6) is 0 Å². The van der Waals surface area contributed by atoms with Crippen LogP contribution < -0.4 is 166 Å². The van der Waals surface area contributed by atoms with Crippen molar-refractivity contribution in [2.75, 3.05) is 19.8 Å². The third-order valence-corrected chi connectivity index (χ3v) is 20.8. The van der Waals surface area contributed by atoms with Crippen molar-refractivity contribution in [3.8, 4) is 24.2 Å². The number of fused-ring (bicyclic) bond motifs is 8. The maximum Gasteiger partial charge on any atom is 1.00 e. The van der Waals surface area contributed by atoms with E-state index in [2.05, 4.69) is 127 Å². The van der Waals surface area contributed by atoms with Crippen molar-refractivity contribution in [1.29, 1.82) is 0 Å². The predicted octanol–water partition coefficient (Wildman–Crippen LogP) is 9.25. The van der Waals surface area contributed by atoms with Gasteiger partial charge in [0, 0.05) is 110 Å². The van der Waals surface area contributed by atoms with E-state index in [0.29, 0.717) is 76.6 Å². The molecule has 16 aromatic rings. The Morgan fingerprint density at radius 2 is 0.806 bits per heavy atom. The summed E-state index contributed by atoms with van der Waals surface area (Å²) in [5, 5.41) is 43.1. The van der Waals surface area contributed by atoms with E-state index >= 15 is 0 Å². The third-order valence-electron chi connectivity index (χ3n) is 18.5. The molecular formula is C86H75Br3Cs2F12N16O10. The van der Waals surface area contributed by atoms with Crippen molar-refractivity contribution in [3.05, 3.63) is 280 Å². The number of hydrogen-bond donors (Lipinski definition) is 4. The number of aromatic amines is 1. The molecule has 4 aromatic carbocycles. The standard InChI is InChI=1S/C22H21F3N4O2.C22H17F3N4O2.C18H12BrF3N4O.C10H7Br2N.C8H6F3N3O.C4H6O.CH2O3.CH4.2Cs.H/c2*23-22(24,25)14-29-19-8-9-26-12-20(19)28(21(29)31)13-18-17(7-3-4-10-30)16-6-2-1-5-15(16)11-27-18;19-16-12-4-2-1-3-11(12)7-24-13(16)9-25-15-8-23-6-5-14(15)26(17(25)27)10-18(20,21)22;11-5-9-10(12)8-4-2-1-3-7(8)6-13-9;9-8(10,11)4-14-6-1-2-12-3-5(6)13-7(14)15;1-2-3-4-5;2-1-4-3;;;;/h1-2,5-6,8-9,11-12,30H,3-4,7,10,13-14H2;1-2,5-6,8-9,11-12,30H,4,10,13-14H2;1-8H,9-10H2;1-4,6H,5H2;1-3H,4H2,(H,13,15);1,5H,3-4H2;1,3H;1H4;;;/q;;;;;;;;2*+1;-1/p-1. The first-order valence-electron chi connectivity index (χ1n) is 37.4. The zero-order valence-corrected chi connectivity index (χ0v) is 84.8. The van der Waals surface area contributed by atoms with Gasteiger partial charge in [-0.3, -0.25) is 76.6 Å². The van der Waals surface area contributed by atoms with E-state index in [1.165, 1.54) is 98.3 Å². The molecule has 0 aliphatic carbocycles. The number of H-pyrrole nitrogens is 1. The number of halogens is 15. The number of aromatic nitrogens is 16. The number of aliphatic hydroxyl groups excluding tert-OH is 3. The molecule has 0 saturated carbocycles. The Kier molecular flexibility index (Phi) is 41.8. The number of aliphatic hydroxyl groups is 3. The smallest absolute Gasteiger partial charge is 1.00 e. The normalized spacial score (nSPS) is 11.1. The first kappa shape index (κ1) is 107. The van der Waals surface area contributed by atoms with Crippen LogP contribution in [0.15, 0.2) is 224 Å². The number of pyridine rings is 8. The van der Waals surface area contributed by atoms with Gasteiger partial charge in [-0.25, -0.2) is 19.2 Å². The summed E-state index contributed by atoms with van der Waals surface area (Å²) in [6, 6.07) is 36.5. The average Bonchev–Trinajstić information content (AvgIpc) is 1.62. The predicted molar refractivity (Wildman–Crippen MR) is 463 cm³/mol. The van der Waals surface area contributed by atoms with Gasteiger partial charge in [0.25, 0.3) is 6.47 Å². The number of hydrogen-bond acceptors (Lipinski definition) is 18. The Balaban J connectivity index is 0.000000249. The number of rotatable bonds is 18. The van der Waals surface area contributed by atoms with E-state index in [0.717, 1.165) is 64.4 Å². The van der Waals surface area contributed by atoms with Gasteiger partial charge in [-0.2, -0.15) is 52.7 Å². The number of carbonyl (C=O) groups is 1. The van der Waals surface area contributed by atoms with Gasteiger partial charge in [0.1, 0.15) is 26.2 Å². The molecule has 43 heteroatoms. The summed E-state index contributed by atoms with van der Waals surface area (Å²) in [7, 11) is 0. The van der Waals surface area contributed by atoms with Crippen LogP contribution in [-0.2, 0) is 67.2 Å². The number of benzene rings is 4. The van der Waals surface area contributed by atoms with E-state index in [4.69, 9.17) is 31.8 Å². The summed E-state index contributed by atoms with van der Waals surface area (Å²) in [5.41, 5.74) is 3.00. The number of aryl methyl sites for hydroxylation is 1. The number of nitrogens with zero attached hydrogens (tertiary/aromatic N) is 15. The largest absolute Gasteiger partial charge is 1.00 e. The van der Waals surface area contributed by atoms with Gasteiger partial charge in [0.05, 0.1) is 130 Å². The number of alkyl halides is 13. The molecule has 12 heterocycles. The molecule has 0 aliphatic rings. The van der Waals surface area contributed by atoms with Crippen molar-refractivity contribution >= 4 is 141 Å². The molecule has 12 aromatic heterocycles. The van der Waals surface area contributed by atoms with E-state index in [1.54, 1.807) is 18.6 Å². The minimum atomic E-state index is -4.55. The molecule has 0 radical (unpaired) electrons. The van der Waals surface area contributed by atoms with E-state index in [1.807, 2.05) is 91.1 Å². The summed E-state index contributed by atoms with van der Waals surface area (Å²) in [4.78, 5) is 96.6. The number of carbonyl (C=O) groups excluding carboxylic acids is 1. The fourth-order valence-corrected chi connectivity index (χ4v) is 15.1. The number of nitrogens with one attached hydrogen (secondary N) is 1. The number of imidazole rings is 4. The molecule has 16 rings (SSSR count). The van der Waals surface area contributed by atoms with Gasteiger partial charge in [0.15, 0.2) is 0 Å². The molecule has 26 nitrogen and oxygen atoms in total. The Morgan fingerprint density at radius 1 is 0.450 bits per heavy atom. The molecule has 4 N–H and O–H groups in total. The summed E-state index contributed by atoms with van der Waals surface area (Å²) in [6.45, 7) is -5.53. The Labute approximate surface area is 868 Å². The Bertz CT molecular complexity index is 6890. The topological polar surface area (TPSA) is 332 Å². The maximum absolute atomic E-state index is 13.1. The third kappa shape index (κ3) is 28.9. The van der Waals surface area contributed by atoms with Gasteiger partial charge >= 0.3 is 185 Å². The molecule has 666 valence electrons. The van der Waals surface area contributed by atoms with Crippen LogP contribution in [0, 0.1) is 24.2 Å². The van der Waals surface area contributed by atoms with Crippen molar-refractivity contribution in [2.24, 2.45) is 0 Å². The molecule has 0 saturated heterocycles. The van der Waals surface area contributed by atoms with Crippen LogP contribution in [0.2, 0.25) is 0 Å². The molecule has 0 fully saturated rings. The minimum absolute atomic E-state index is 0. The van der Waals surface area contributed by atoms with Gasteiger partial charge in [-0.1, -0.05) is 132 Å². The summed E-state index contributed by atoms with van der Waals surface area (Å²) in [5.74, 6) is 8.13. The first-order valence-corrected chi connectivity index (χ1v) is 40.1. The second-order valence-electron chi connectivity index (χ2n) is 26.9. The summed E-state index contributed by atoms with van der Waals surface area (Å²) >= 11 is 10.5. The second-order valence-corrected chi connectivity index (χ2v) is 29.1. The van der Waals surface area contributed by atoms with Gasteiger partial charge in [-0.15, -0.1) is 12.3 Å². The van der Waals surface area contributed by atoms with Crippen molar-refractivity contribution < 1.29 is 222 Å². The maximum atomic E-state index is 13.1. The molecule has 0 bridgehead atoms. The van der Waals surface area contributed by atoms with Crippen molar-refractivity contribution in [2.45, 2.75) is 115 Å². The van der Waals surface area contributed by atoms with Crippen LogP contribution in [0.3, 0.4) is 0 Å². The summed E-state index contributed by atoms with van der Waals surface area (Å²) < 4.78 is 162. The van der Waals surface area contributed by atoms with E-state index in [9.17, 15) is 71.9 Å².